The lowest BCUT2D eigenvalue weighted by Crippen LogP contribution is -2.50. The summed E-state index contributed by atoms with van der Waals surface area (Å²) in [6, 6.07) is 5.65. The normalized spacial score (nSPS) is 14.2. The first-order valence-corrected chi connectivity index (χ1v) is 7.52. The van der Waals surface area contributed by atoms with Crippen LogP contribution in [0.4, 0.5) is 10.3 Å². The number of piperazine rings is 1. The monoisotopic (exact) mass is 354 g/mol. The zero-order valence-electron chi connectivity index (χ0n) is 13.4. The van der Waals surface area contributed by atoms with Crippen LogP contribution >= 0.6 is 12.4 Å². The van der Waals surface area contributed by atoms with Gasteiger partial charge in [-0.2, -0.15) is 0 Å². The molecule has 2 heterocycles. The summed E-state index contributed by atoms with van der Waals surface area (Å²) in [4.78, 5) is 20.4. The Morgan fingerprint density at radius 1 is 1.21 bits per heavy atom. The number of hydrogen-bond donors (Lipinski definition) is 0. The Labute approximate surface area is 146 Å². The van der Waals surface area contributed by atoms with Gasteiger partial charge in [0.05, 0.1) is 0 Å². The van der Waals surface area contributed by atoms with Gasteiger partial charge in [0.25, 0.3) is 5.91 Å². The summed E-state index contributed by atoms with van der Waals surface area (Å²) < 4.78 is 20.2. The minimum absolute atomic E-state index is 0. The summed E-state index contributed by atoms with van der Waals surface area (Å²) >= 11 is 0. The number of aromatic nitrogens is 2. The maximum Gasteiger partial charge on any atom is 0.260 e. The fourth-order valence-electron chi connectivity index (χ4n) is 2.59. The number of aryl methyl sites for hydroxylation is 1. The second-order valence-electron chi connectivity index (χ2n) is 5.45. The molecule has 1 aliphatic heterocycles. The first-order chi connectivity index (χ1) is 11.1. The second-order valence-corrected chi connectivity index (χ2v) is 5.45. The summed E-state index contributed by atoms with van der Waals surface area (Å²) in [6.45, 7) is 2.73. The van der Waals surface area contributed by atoms with Crippen molar-refractivity contribution in [1.29, 1.82) is 0 Å². The molecule has 1 aromatic heterocycles. The Morgan fingerprint density at radius 2 is 1.88 bits per heavy atom. The molecule has 0 bridgehead atoms. The van der Waals surface area contributed by atoms with Crippen molar-refractivity contribution in [2.45, 2.75) is 0 Å². The van der Waals surface area contributed by atoms with Gasteiger partial charge >= 0.3 is 0 Å². The topological polar surface area (TPSA) is 50.6 Å². The van der Waals surface area contributed by atoms with Gasteiger partial charge in [-0.1, -0.05) is 0 Å². The van der Waals surface area contributed by atoms with Crippen LogP contribution in [0.25, 0.3) is 0 Å². The van der Waals surface area contributed by atoms with Crippen molar-refractivity contribution in [3.8, 4) is 5.75 Å². The average Bonchev–Trinajstić information content (AvgIpc) is 3.00. The highest BCUT2D eigenvalue weighted by atomic mass is 35.5. The van der Waals surface area contributed by atoms with Crippen molar-refractivity contribution in [1.82, 2.24) is 14.5 Å². The number of halogens is 2. The van der Waals surface area contributed by atoms with Crippen molar-refractivity contribution < 1.29 is 13.9 Å². The molecule has 1 aromatic carbocycles. The van der Waals surface area contributed by atoms with E-state index in [-0.39, 0.29) is 30.7 Å². The smallest absolute Gasteiger partial charge is 0.260 e. The molecule has 24 heavy (non-hydrogen) atoms. The number of rotatable bonds is 4. The van der Waals surface area contributed by atoms with Gasteiger partial charge in [-0.15, -0.1) is 12.4 Å². The molecule has 0 aliphatic carbocycles. The Hall–Kier alpha value is -2.28. The summed E-state index contributed by atoms with van der Waals surface area (Å²) in [5, 5.41) is 0. The first-order valence-electron chi connectivity index (χ1n) is 7.52. The van der Waals surface area contributed by atoms with Gasteiger partial charge in [-0.05, 0) is 24.3 Å². The maximum absolute atomic E-state index is 12.8. The summed E-state index contributed by atoms with van der Waals surface area (Å²) in [7, 11) is 1.95. The first kappa shape index (κ1) is 18.1. The van der Waals surface area contributed by atoms with Crippen LogP contribution in [0.15, 0.2) is 36.7 Å². The number of nitrogens with zero attached hydrogens (tertiary/aromatic N) is 4. The molecule has 0 atom stereocenters. The standard InChI is InChI=1S/C16H19FN4O2.ClH/c1-19-7-6-18-16(19)21-10-8-20(9-11-21)15(22)12-23-14-4-2-13(17)3-5-14;/h2-7H,8-12H2,1H3;1H. The molecule has 0 saturated carbocycles. The van der Waals surface area contributed by atoms with E-state index < -0.39 is 0 Å². The Balaban J connectivity index is 0.00000208. The predicted molar refractivity (Wildman–Crippen MR) is 91.1 cm³/mol. The molecular formula is C16H20ClFN4O2. The number of benzene rings is 1. The zero-order chi connectivity index (χ0) is 16.2. The lowest BCUT2D eigenvalue weighted by atomic mass is 10.3. The molecular weight excluding hydrogens is 335 g/mol. The van der Waals surface area contributed by atoms with E-state index in [0.717, 1.165) is 19.0 Å². The fourth-order valence-corrected chi connectivity index (χ4v) is 2.59. The molecule has 3 rings (SSSR count). The van der Waals surface area contributed by atoms with Crippen LogP contribution in [0.5, 0.6) is 5.75 Å². The molecule has 0 N–H and O–H groups in total. The molecule has 1 amide bonds. The summed E-state index contributed by atoms with van der Waals surface area (Å²) in [6.07, 6.45) is 3.67. The SMILES string of the molecule is Cl.Cn1ccnc1N1CCN(C(=O)COc2ccc(F)cc2)CC1. The van der Waals surface area contributed by atoms with Crippen molar-refractivity contribution in [2.75, 3.05) is 37.7 Å². The third-order valence-electron chi connectivity index (χ3n) is 3.89. The predicted octanol–water partition coefficient (Wildman–Crippen LogP) is 1.71. The Kier molecular flexibility index (Phi) is 6.03. The minimum Gasteiger partial charge on any atom is -0.484 e. The summed E-state index contributed by atoms with van der Waals surface area (Å²) in [5.41, 5.74) is 0. The van der Waals surface area contributed by atoms with E-state index in [1.807, 2.05) is 17.8 Å². The van der Waals surface area contributed by atoms with Crippen molar-refractivity contribution in [3.63, 3.8) is 0 Å². The van der Waals surface area contributed by atoms with Crippen LogP contribution in [0, 0.1) is 5.82 Å². The quantitative estimate of drug-likeness (QED) is 0.838. The zero-order valence-corrected chi connectivity index (χ0v) is 14.2. The molecule has 1 fully saturated rings. The number of imidazole rings is 1. The molecule has 0 radical (unpaired) electrons. The molecule has 6 nitrogen and oxygen atoms in total. The van der Waals surface area contributed by atoms with Gasteiger partial charge in [0.1, 0.15) is 11.6 Å². The lowest BCUT2D eigenvalue weighted by molar-refractivity contribution is -0.133. The van der Waals surface area contributed by atoms with Crippen molar-refractivity contribution >= 4 is 24.3 Å². The number of anilines is 1. The van der Waals surface area contributed by atoms with Gasteiger partial charge in [0, 0.05) is 45.6 Å². The van der Waals surface area contributed by atoms with Crippen LogP contribution < -0.4 is 9.64 Å². The number of ether oxygens (including phenoxy) is 1. The summed E-state index contributed by atoms with van der Waals surface area (Å²) in [5.74, 6) is 1.02. The Morgan fingerprint density at radius 3 is 2.46 bits per heavy atom. The van der Waals surface area contributed by atoms with Crippen molar-refractivity contribution in [2.24, 2.45) is 7.05 Å². The molecule has 2 aromatic rings. The molecule has 8 heteroatoms. The second kappa shape index (κ2) is 8.01. The number of carbonyl (C=O) groups excluding carboxylic acids is 1. The molecule has 1 saturated heterocycles. The van der Waals surface area contributed by atoms with Gasteiger partial charge in [-0.3, -0.25) is 4.79 Å². The van der Waals surface area contributed by atoms with E-state index in [2.05, 4.69) is 9.88 Å². The van der Waals surface area contributed by atoms with E-state index in [0.29, 0.717) is 18.8 Å². The molecule has 130 valence electrons. The van der Waals surface area contributed by atoms with Crippen LogP contribution in [-0.2, 0) is 11.8 Å². The van der Waals surface area contributed by atoms with Crippen LogP contribution in [0.1, 0.15) is 0 Å². The Bertz CT molecular complexity index is 669. The molecule has 0 unspecified atom stereocenters. The highest BCUT2D eigenvalue weighted by Crippen LogP contribution is 2.14. The molecule has 0 spiro atoms. The van der Waals surface area contributed by atoms with E-state index >= 15 is 0 Å². The number of carbonyl (C=O) groups is 1. The van der Waals surface area contributed by atoms with Crippen LogP contribution in [0.2, 0.25) is 0 Å². The maximum atomic E-state index is 12.8. The lowest BCUT2D eigenvalue weighted by Gasteiger charge is -2.35. The third-order valence-corrected chi connectivity index (χ3v) is 3.89. The van der Waals surface area contributed by atoms with Crippen molar-refractivity contribution in [3.05, 3.63) is 42.5 Å². The van der Waals surface area contributed by atoms with E-state index in [9.17, 15) is 9.18 Å². The van der Waals surface area contributed by atoms with Crippen LogP contribution in [0.3, 0.4) is 0 Å². The largest absolute Gasteiger partial charge is 0.484 e. The van der Waals surface area contributed by atoms with E-state index in [1.54, 1.807) is 11.1 Å². The minimum atomic E-state index is -0.325. The van der Waals surface area contributed by atoms with Crippen LogP contribution in [-0.4, -0.2) is 53.1 Å². The number of hydrogen-bond acceptors (Lipinski definition) is 4. The molecule has 1 aliphatic rings. The van der Waals surface area contributed by atoms with E-state index in [1.165, 1.54) is 24.3 Å². The van der Waals surface area contributed by atoms with Gasteiger partial charge in [0.15, 0.2) is 6.61 Å². The number of amides is 1. The third kappa shape index (κ3) is 4.17. The highest BCUT2D eigenvalue weighted by molar-refractivity contribution is 5.85. The van der Waals surface area contributed by atoms with E-state index in [4.69, 9.17) is 4.74 Å². The van der Waals surface area contributed by atoms with Gasteiger partial charge in [-0.25, -0.2) is 9.37 Å². The average molecular weight is 355 g/mol. The highest BCUT2D eigenvalue weighted by Gasteiger charge is 2.23. The van der Waals surface area contributed by atoms with Gasteiger partial charge < -0.3 is 19.1 Å². The van der Waals surface area contributed by atoms with Gasteiger partial charge in [0.2, 0.25) is 5.95 Å². The fraction of sp³-hybridized carbons (Fsp3) is 0.375.